The standard InChI is InChI=1S/C23H25ClN4O5/c1-3-32-20-10-14(9-17(24)21(20)29)12-26-28-22(30)19(27-23(31)33-4-2)11-15-13-25-18-8-6-5-7-16(15)18/h5-10,12-13,19,25,29H,3-4,11H2,1-2H3,(H,27,31)(H,28,30)/b26-12-/t19-/m1/s1. The second kappa shape index (κ2) is 11.2. The van der Waals surface area contributed by atoms with Gasteiger partial charge >= 0.3 is 6.09 Å². The van der Waals surface area contributed by atoms with Gasteiger partial charge in [0.15, 0.2) is 11.5 Å². The Morgan fingerprint density at radius 3 is 2.79 bits per heavy atom. The number of aromatic nitrogens is 1. The molecule has 1 aromatic heterocycles. The third-order valence-electron chi connectivity index (χ3n) is 4.72. The number of benzene rings is 2. The van der Waals surface area contributed by atoms with Crippen LogP contribution in [0.4, 0.5) is 4.79 Å². The maximum atomic E-state index is 12.8. The van der Waals surface area contributed by atoms with Crippen LogP contribution in [0.15, 0.2) is 47.7 Å². The molecule has 2 amide bonds. The molecule has 174 valence electrons. The Kier molecular flexibility index (Phi) is 8.15. The van der Waals surface area contributed by atoms with Crippen LogP contribution in [0.3, 0.4) is 0 Å². The van der Waals surface area contributed by atoms with Gasteiger partial charge in [-0.05, 0) is 43.2 Å². The average Bonchev–Trinajstić information content (AvgIpc) is 3.20. The Morgan fingerprint density at radius 2 is 2.03 bits per heavy atom. The molecule has 0 fully saturated rings. The highest BCUT2D eigenvalue weighted by molar-refractivity contribution is 6.32. The van der Waals surface area contributed by atoms with Crippen molar-refractivity contribution in [1.82, 2.24) is 15.7 Å². The van der Waals surface area contributed by atoms with Gasteiger partial charge < -0.3 is 24.9 Å². The highest BCUT2D eigenvalue weighted by Gasteiger charge is 2.23. The Hall–Kier alpha value is -3.72. The predicted molar refractivity (Wildman–Crippen MR) is 126 cm³/mol. The molecule has 0 aliphatic heterocycles. The minimum absolute atomic E-state index is 0.0925. The van der Waals surface area contributed by atoms with Gasteiger partial charge in [-0.1, -0.05) is 29.8 Å². The summed E-state index contributed by atoms with van der Waals surface area (Å²) < 4.78 is 10.3. The number of fused-ring (bicyclic) bond motifs is 1. The normalized spacial score (nSPS) is 12.0. The number of hydrazone groups is 1. The highest BCUT2D eigenvalue weighted by Crippen LogP contribution is 2.34. The summed E-state index contributed by atoms with van der Waals surface area (Å²) in [4.78, 5) is 28.0. The van der Waals surface area contributed by atoms with Gasteiger partial charge in [0.1, 0.15) is 6.04 Å². The van der Waals surface area contributed by atoms with Gasteiger partial charge in [-0.2, -0.15) is 5.10 Å². The van der Waals surface area contributed by atoms with E-state index in [0.717, 1.165) is 16.5 Å². The van der Waals surface area contributed by atoms with Crippen molar-refractivity contribution in [1.29, 1.82) is 0 Å². The second-order valence-corrected chi connectivity index (χ2v) is 7.40. The van der Waals surface area contributed by atoms with Gasteiger partial charge in [-0.15, -0.1) is 0 Å². The van der Waals surface area contributed by atoms with Crippen LogP contribution in [0, 0.1) is 0 Å². The number of aromatic amines is 1. The summed E-state index contributed by atoms with van der Waals surface area (Å²) in [5.41, 5.74) is 4.72. The van der Waals surface area contributed by atoms with Crippen molar-refractivity contribution < 1.29 is 24.2 Å². The molecule has 1 atom stereocenters. The number of carbonyl (C=O) groups is 2. The number of nitrogens with zero attached hydrogens (tertiary/aromatic N) is 1. The van der Waals surface area contributed by atoms with E-state index in [1.54, 1.807) is 26.1 Å². The molecule has 2 aromatic carbocycles. The number of alkyl carbamates (subject to hydrolysis) is 1. The summed E-state index contributed by atoms with van der Waals surface area (Å²) >= 11 is 6.02. The van der Waals surface area contributed by atoms with Gasteiger partial charge in [0.25, 0.3) is 5.91 Å². The van der Waals surface area contributed by atoms with Crippen LogP contribution in [-0.4, -0.2) is 47.6 Å². The fourth-order valence-corrected chi connectivity index (χ4v) is 3.45. The topological polar surface area (TPSA) is 125 Å². The molecule has 0 aliphatic carbocycles. The van der Waals surface area contributed by atoms with Crippen molar-refractivity contribution in [3.63, 3.8) is 0 Å². The lowest BCUT2D eigenvalue weighted by Gasteiger charge is -2.16. The van der Waals surface area contributed by atoms with Crippen molar-refractivity contribution in [2.75, 3.05) is 13.2 Å². The number of amides is 2. The number of hydrogen-bond acceptors (Lipinski definition) is 6. The van der Waals surface area contributed by atoms with Gasteiger partial charge in [0.05, 0.1) is 24.5 Å². The second-order valence-electron chi connectivity index (χ2n) is 7.00. The predicted octanol–water partition coefficient (Wildman–Crippen LogP) is 3.73. The fraction of sp³-hybridized carbons (Fsp3) is 0.261. The van der Waals surface area contributed by atoms with E-state index < -0.39 is 18.0 Å². The van der Waals surface area contributed by atoms with Crippen LogP contribution in [0.5, 0.6) is 11.5 Å². The number of H-pyrrole nitrogens is 1. The zero-order valence-electron chi connectivity index (χ0n) is 18.2. The summed E-state index contributed by atoms with van der Waals surface area (Å²) in [7, 11) is 0. The Balaban J connectivity index is 1.75. The summed E-state index contributed by atoms with van der Waals surface area (Å²) in [6.07, 6.45) is 2.69. The third kappa shape index (κ3) is 6.17. The molecule has 10 heteroatoms. The first-order valence-electron chi connectivity index (χ1n) is 10.4. The quantitative estimate of drug-likeness (QED) is 0.279. The number of ether oxygens (including phenoxy) is 2. The zero-order chi connectivity index (χ0) is 23.8. The first kappa shape index (κ1) is 23.9. The molecule has 0 aliphatic rings. The number of hydrogen-bond donors (Lipinski definition) is 4. The lowest BCUT2D eigenvalue weighted by Crippen LogP contribution is -2.47. The molecule has 0 bridgehead atoms. The summed E-state index contributed by atoms with van der Waals surface area (Å²) in [6.45, 7) is 3.97. The minimum atomic E-state index is -0.928. The number of carbonyl (C=O) groups excluding carboxylic acids is 2. The molecule has 3 aromatic rings. The van der Waals surface area contributed by atoms with E-state index in [0.29, 0.717) is 12.2 Å². The molecule has 33 heavy (non-hydrogen) atoms. The monoisotopic (exact) mass is 472 g/mol. The number of phenolic OH excluding ortho intramolecular Hbond substituents is 1. The number of halogens is 1. The van der Waals surface area contributed by atoms with Crippen LogP contribution in [0.25, 0.3) is 10.9 Å². The van der Waals surface area contributed by atoms with Crippen molar-refractivity contribution in [2.24, 2.45) is 5.10 Å². The molecule has 0 radical (unpaired) electrons. The van der Waals surface area contributed by atoms with E-state index in [2.05, 4.69) is 20.8 Å². The SMILES string of the molecule is CCOC(=O)N[C@H](Cc1c[nH]c2ccccc12)C(=O)N/N=C\c1cc(Cl)c(O)c(OCC)c1. The lowest BCUT2D eigenvalue weighted by molar-refractivity contribution is -0.123. The highest BCUT2D eigenvalue weighted by atomic mass is 35.5. The van der Waals surface area contributed by atoms with Crippen LogP contribution < -0.4 is 15.5 Å². The van der Waals surface area contributed by atoms with E-state index in [4.69, 9.17) is 21.1 Å². The number of para-hydroxylation sites is 1. The van der Waals surface area contributed by atoms with E-state index in [1.165, 1.54) is 12.3 Å². The summed E-state index contributed by atoms with van der Waals surface area (Å²) in [5, 5.41) is 17.5. The van der Waals surface area contributed by atoms with Crippen molar-refractivity contribution in [3.05, 3.63) is 58.7 Å². The summed E-state index contributed by atoms with van der Waals surface area (Å²) in [6, 6.07) is 9.76. The molecule has 0 saturated heterocycles. The van der Waals surface area contributed by atoms with Crippen molar-refractivity contribution >= 4 is 40.7 Å². The van der Waals surface area contributed by atoms with E-state index in [9.17, 15) is 14.7 Å². The number of nitrogens with one attached hydrogen (secondary N) is 3. The van der Waals surface area contributed by atoms with Gasteiger partial charge in [0, 0.05) is 23.5 Å². The molecule has 0 saturated carbocycles. The van der Waals surface area contributed by atoms with Crippen molar-refractivity contribution in [3.8, 4) is 11.5 Å². The third-order valence-corrected chi connectivity index (χ3v) is 5.01. The maximum Gasteiger partial charge on any atom is 0.407 e. The number of rotatable bonds is 9. The Bertz CT molecular complexity index is 1160. The largest absolute Gasteiger partial charge is 0.503 e. The van der Waals surface area contributed by atoms with Crippen LogP contribution in [0.1, 0.15) is 25.0 Å². The molecule has 9 nitrogen and oxygen atoms in total. The number of phenols is 1. The van der Waals surface area contributed by atoms with E-state index in [-0.39, 0.29) is 29.5 Å². The Morgan fingerprint density at radius 1 is 1.24 bits per heavy atom. The van der Waals surface area contributed by atoms with Crippen LogP contribution >= 0.6 is 11.6 Å². The molecule has 0 unspecified atom stereocenters. The van der Waals surface area contributed by atoms with Gasteiger partial charge in [-0.25, -0.2) is 10.2 Å². The first-order valence-corrected chi connectivity index (χ1v) is 10.8. The first-order chi connectivity index (χ1) is 15.9. The molecular weight excluding hydrogens is 448 g/mol. The van der Waals surface area contributed by atoms with Gasteiger partial charge in [0.2, 0.25) is 0 Å². The Labute approximate surface area is 195 Å². The van der Waals surface area contributed by atoms with Gasteiger partial charge in [-0.3, -0.25) is 4.79 Å². The molecule has 3 rings (SSSR count). The van der Waals surface area contributed by atoms with Crippen LogP contribution in [0.2, 0.25) is 5.02 Å². The smallest absolute Gasteiger partial charge is 0.407 e. The molecule has 1 heterocycles. The van der Waals surface area contributed by atoms with E-state index >= 15 is 0 Å². The summed E-state index contributed by atoms with van der Waals surface area (Å²) in [5.74, 6) is -0.490. The van der Waals surface area contributed by atoms with E-state index in [1.807, 2.05) is 24.3 Å². The number of aromatic hydroxyl groups is 1. The maximum absolute atomic E-state index is 12.8. The molecule has 4 N–H and O–H groups in total. The zero-order valence-corrected chi connectivity index (χ0v) is 19.0. The molecular formula is C23H25ClN4O5. The lowest BCUT2D eigenvalue weighted by atomic mass is 10.0. The molecule has 0 spiro atoms. The fourth-order valence-electron chi connectivity index (χ4n) is 3.23. The van der Waals surface area contributed by atoms with Crippen LogP contribution in [-0.2, 0) is 16.0 Å². The minimum Gasteiger partial charge on any atom is -0.503 e. The van der Waals surface area contributed by atoms with Crippen molar-refractivity contribution in [2.45, 2.75) is 26.3 Å². The average molecular weight is 473 g/mol.